The molecule has 30 heavy (non-hydrogen) atoms. The van der Waals surface area contributed by atoms with Gasteiger partial charge in [0.05, 0.1) is 21.1 Å². The van der Waals surface area contributed by atoms with Gasteiger partial charge in [-0.2, -0.15) is 8.42 Å². The molecule has 0 radical (unpaired) electrons. The van der Waals surface area contributed by atoms with Crippen molar-refractivity contribution in [1.29, 1.82) is 0 Å². The van der Waals surface area contributed by atoms with Crippen LogP contribution in [0.2, 0.25) is 0 Å². The lowest BCUT2D eigenvalue weighted by molar-refractivity contribution is -0.899. The first-order valence-electron chi connectivity index (χ1n) is 11.3. The molecule has 0 saturated heterocycles. The van der Waals surface area contributed by atoms with Crippen molar-refractivity contribution in [1.82, 2.24) is 0 Å². The predicted octanol–water partition coefficient (Wildman–Crippen LogP) is 5.56. The molecule has 7 heteroatoms. The lowest BCUT2D eigenvalue weighted by Gasteiger charge is -2.40. The second-order valence-corrected chi connectivity index (χ2v) is 10.5. The third-order valence-corrected chi connectivity index (χ3v) is 7.34. The Kier molecular flexibility index (Phi) is 14.2. The number of nitrogens with zero attached hydrogens (tertiary/aromatic N) is 1. The number of rotatable bonds is 18. The van der Waals surface area contributed by atoms with Crippen molar-refractivity contribution < 1.29 is 27.4 Å². The molecular formula is C23H44NO5S+. The van der Waals surface area contributed by atoms with Crippen LogP contribution in [0.3, 0.4) is 0 Å². The summed E-state index contributed by atoms with van der Waals surface area (Å²) < 4.78 is 33.0. The van der Waals surface area contributed by atoms with Crippen molar-refractivity contribution in [2.45, 2.75) is 95.3 Å². The van der Waals surface area contributed by atoms with Crippen molar-refractivity contribution >= 4 is 16.1 Å². The molecular weight excluding hydrogens is 402 g/mol. The zero-order valence-electron chi connectivity index (χ0n) is 19.5. The van der Waals surface area contributed by atoms with Crippen LogP contribution in [0.1, 0.15) is 90.4 Å². The Morgan fingerprint density at radius 2 is 1.30 bits per heavy atom. The second-order valence-electron chi connectivity index (χ2n) is 8.91. The number of hydrogen-bond acceptors (Lipinski definition) is 3. The number of likely N-dealkylation sites (N-methyl/N-ethyl adjacent to an activating group) is 1. The molecule has 0 rings (SSSR count). The molecule has 0 aliphatic rings. The van der Waals surface area contributed by atoms with E-state index in [1.165, 1.54) is 46.8 Å². The fourth-order valence-electron chi connectivity index (χ4n) is 3.67. The minimum Gasteiger partial charge on any atom is -0.476 e. The highest BCUT2D eigenvalue weighted by Crippen LogP contribution is 2.32. The molecule has 0 amide bonds. The van der Waals surface area contributed by atoms with E-state index >= 15 is 0 Å². The van der Waals surface area contributed by atoms with E-state index in [9.17, 15) is 22.9 Å². The van der Waals surface area contributed by atoms with Crippen molar-refractivity contribution in [2.75, 3.05) is 21.1 Å². The van der Waals surface area contributed by atoms with Crippen molar-refractivity contribution in [3.8, 4) is 0 Å². The highest BCUT2D eigenvalue weighted by molar-refractivity contribution is 7.87. The van der Waals surface area contributed by atoms with Crippen LogP contribution in [0.15, 0.2) is 24.3 Å². The number of hydrogen-bond donors (Lipinski definition) is 2. The summed E-state index contributed by atoms with van der Waals surface area (Å²) in [6.07, 6.45) is 21.3. The third kappa shape index (κ3) is 10.2. The van der Waals surface area contributed by atoms with E-state index in [0.717, 1.165) is 44.9 Å². The SMILES string of the molecule is CCCCC/C=C\C/C=C\CCCCCCCCC(C(=O)O)([N+](C)(C)C)S(=O)(=O)O. The number of allylic oxidation sites excluding steroid dienone is 4. The van der Waals surface area contributed by atoms with E-state index in [0.29, 0.717) is 6.42 Å². The lowest BCUT2D eigenvalue weighted by atomic mass is 10.0. The van der Waals surface area contributed by atoms with Gasteiger partial charge in [-0.25, -0.2) is 4.79 Å². The smallest absolute Gasteiger partial charge is 0.384 e. The Morgan fingerprint density at radius 1 is 0.833 bits per heavy atom. The van der Waals surface area contributed by atoms with Gasteiger partial charge >= 0.3 is 21.0 Å². The Hall–Kier alpha value is -1.18. The van der Waals surface area contributed by atoms with Crippen LogP contribution in [0.4, 0.5) is 0 Å². The lowest BCUT2D eigenvalue weighted by Crippen LogP contribution is -2.66. The molecule has 0 aliphatic heterocycles. The van der Waals surface area contributed by atoms with Gasteiger partial charge in [0.25, 0.3) is 0 Å². The first-order valence-corrected chi connectivity index (χ1v) is 12.8. The average molecular weight is 447 g/mol. The largest absolute Gasteiger partial charge is 0.476 e. The summed E-state index contributed by atoms with van der Waals surface area (Å²) in [6.45, 7) is 2.21. The van der Waals surface area contributed by atoms with Crippen LogP contribution in [0, 0.1) is 0 Å². The maximum absolute atomic E-state index is 11.9. The van der Waals surface area contributed by atoms with Crippen LogP contribution < -0.4 is 0 Å². The van der Waals surface area contributed by atoms with E-state index < -0.39 is 21.0 Å². The Bertz CT molecular complexity index is 634. The quantitative estimate of drug-likeness (QED) is 0.124. The van der Waals surface area contributed by atoms with Gasteiger partial charge in [0, 0.05) is 6.42 Å². The average Bonchev–Trinajstić information content (AvgIpc) is 2.61. The van der Waals surface area contributed by atoms with Gasteiger partial charge in [-0.05, 0) is 38.5 Å². The Morgan fingerprint density at radius 3 is 1.73 bits per heavy atom. The topological polar surface area (TPSA) is 91.7 Å². The molecule has 2 N–H and O–H groups in total. The molecule has 0 aromatic carbocycles. The summed E-state index contributed by atoms with van der Waals surface area (Å²) >= 11 is 0. The molecule has 0 heterocycles. The van der Waals surface area contributed by atoms with Gasteiger partial charge in [0.15, 0.2) is 0 Å². The number of aliphatic carboxylic acids is 1. The van der Waals surface area contributed by atoms with Gasteiger partial charge < -0.3 is 9.59 Å². The molecule has 176 valence electrons. The van der Waals surface area contributed by atoms with Gasteiger partial charge in [0.2, 0.25) is 0 Å². The molecule has 0 aromatic heterocycles. The first-order chi connectivity index (χ1) is 14.0. The highest BCUT2D eigenvalue weighted by atomic mass is 32.2. The van der Waals surface area contributed by atoms with Gasteiger partial charge in [-0.3, -0.25) is 4.55 Å². The maximum Gasteiger partial charge on any atom is 0.384 e. The fourth-order valence-corrected chi connectivity index (χ4v) is 4.98. The molecule has 0 spiro atoms. The minimum atomic E-state index is -4.74. The van der Waals surface area contributed by atoms with Crippen molar-refractivity contribution in [2.24, 2.45) is 0 Å². The van der Waals surface area contributed by atoms with E-state index in [-0.39, 0.29) is 10.9 Å². The van der Waals surface area contributed by atoms with Crippen LogP contribution in [0.25, 0.3) is 0 Å². The molecule has 6 nitrogen and oxygen atoms in total. The second kappa shape index (κ2) is 14.8. The maximum atomic E-state index is 11.9. The molecule has 0 saturated carbocycles. The number of carbonyl (C=O) groups is 1. The Balaban J connectivity index is 4.03. The number of quaternary nitrogens is 1. The standard InChI is InChI=1S/C23H43NO5S/c1-5-6-7-8-9-10-11-12-13-14-15-16-17-18-19-20-21-23(22(25)26,24(2,3)4)30(27,28)29/h9-10,12-13H,5-8,11,14-21H2,1-4H3,(H-,25,26,27,28,29)/p+1/b10-9-,13-12-. The molecule has 1 unspecified atom stereocenters. The van der Waals surface area contributed by atoms with Gasteiger partial charge in [0.1, 0.15) is 0 Å². The minimum absolute atomic E-state index is 0.0979. The number of unbranched alkanes of at least 4 members (excludes halogenated alkanes) is 9. The van der Waals surface area contributed by atoms with Crippen LogP contribution in [-0.4, -0.2) is 54.5 Å². The number of carboxylic acid groups (broad SMARTS) is 1. The van der Waals surface area contributed by atoms with E-state index in [2.05, 4.69) is 31.2 Å². The number of carboxylic acids is 1. The zero-order valence-corrected chi connectivity index (χ0v) is 20.3. The summed E-state index contributed by atoms with van der Waals surface area (Å²) in [5.41, 5.74) is 0. The van der Waals surface area contributed by atoms with E-state index in [1.54, 1.807) is 0 Å². The highest BCUT2D eigenvalue weighted by Gasteiger charge is 2.61. The summed E-state index contributed by atoms with van der Waals surface area (Å²) in [5, 5.41) is 9.56. The van der Waals surface area contributed by atoms with Gasteiger partial charge in [-0.15, -0.1) is 0 Å². The zero-order chi connectivity index (χ0) is 23.1. The summed E-state index contributed by atoms with van der Waals surface area (Å²) in [6, 6.07) is 0. The molecule has 1 atom stereocenters. The van der Waals surface area contributed by atoms with Crippen LogP contribution >= 0.6 is 0 Å². The van der Waals surface area contributed by atoms with Crippen LogP contribution in [-0.2, 0) is 14.9 Å². The summed E-state index contributed by atoms with van der Waals surface area (Å²) in [7, 11) is -0.293. The Labute approximate surface area is 184 Å². The van der Waals surface area contributed by atoms with Gasteiger partial charge in [-0.1, -0.05) is 69.8 Å². The predicted molar refractivity (Wildman–Crippen MR) is 124 cm³/mol. The normalized spacial score (nSPS) is 15.1. The van der Waals surface area contributed by atoms with E-state index in [1.807, 2.05) is 0 Å². The molecule has 0 bridgehead atoms. The summed E-state index contributed by atoms with van der Waals surface area (Å²) in [5.74, 6) is -1.50. The monoisotopic (exact) mass is 446 g/mol. The first kappa shape index (κ1) is 28.8. The van der Waals surface area contributed by atoms with E-state index in [4.69, 9.17) is 0 Å². The molecule has 0 fully saturated rings. The van der Waals surface area contributed by atoms with Crippen molar-refractivity contribution in [3.63, 3.8) is 0 Å². The molecule has 0 aromatic rings. The third-order valence-electron chi connectivity index (χ3n) is 5.56. The van der Waals surface area contributed by atoms with Crippen LogP contribution in [0.5, 0.6) is 0 Å². The fraction of sp³-hybridized carbons (Fsp3) is 0.783. The molecule has 0 aliphatic carbocycles. The van der Waals surface area contributed by atoms with Crippen molar-refractivity contribution in [3.05, 3.63) is 24.3 Å². The summed E-state index contributed by atoms with van der Waals surface area (Å²) in [4.78, 5) is 9.52.